The van der Waals surface area contributed by atoms with E-state index in [9.17, 15) is 0 Å². The Hall–Kier alpha value is -4.08. The topological polar surface area (TPSA) is 36.9 Å². The van der Waals surface area contributed by atoms with E-state index in [0.29, 0.717) is 35.6 Å². The van der Waals surface area contributed by atoms with Gasteiger partial charge in [0.05, 0.1) is 9.16 Å². The van der Waals surface area contributed by atoms with Crippen LogP contribution in [0.4, 0.5) is 0 Å². The number of thioether (sulfide) groups is 4. The van der Waals surface area contributed by atoms with E-state index in [4.69, 9.17) is 18.9 Å². The average Bonchev–Trinajstić information content (AvgIpc) is 3.83. The van der Waals surface area contributed by atoms with Crippen LogP contribution in [0.1, 0.15) is 42.5 Å². The van der Waals surface area contributed by atoms with Crippen LogP contribution in [0.25, 0.3) is 0 Å². The lowest BCUT2D eigenvalue weighted by Gasteiger charge is -2.24. The predicted molar refractivity (Wildman–Crippen MR) is 215 cm³/mol. The summed E-state index contributed by atoms with van der Waals surface area (Å²) in [5.74, 6) is 3.55. The molecule has 2 heterocycles. The second-order valence-electron chi connectivity index (χ2n) is 12.7. The fourth-order valence-electron chi connectivity index (χ4n) is 6.74. The largest absolute Gasteiger partial charge is 0.490 e. The highest BCUT2D eigenvalue weighted by Crippen LogP contribution is 2.57. The van der Waals surface area contributed by atoms with Crippen molar-refractivity contribution in [2.75, 3.05) is 26.4 Å². The van der Waals surface area contributed by atoms with Gasteiger partial charge in [0.1, 0.15) is 49.4 Å². The van der Waals surface area contributed by atoms with Crippen LogP contribution in [0.5, 0.6) is 23.0 Å². The summed E-state index contributed by atoms with van der Waals surface area (Å²) in [4.78, 5) is 5.44. The quantitative estimate of drug-likeness (QED) is 0.114. The average molecular weight is 757 g/mol. The van der Waals surface area contributed by atoms with Gasteiger partial charge in [0.2, 0.25) is 0 Å². The van der Waals surface area contributed by atoms with Crippen molar-refractivity contribution in [3.63, 3.8) is 0 Å². The molecule has 0 atom stereocenters. The van der Waals surface area contributed by atoms with E-state index in [-0.39, 0.29) is 0 Å². The number of hydrogen-bond acceptors (Lipinski definition) is 8. The van der Waals surface area contributed by atoms with E-state index in [1.165, 1.54) is 53.0 Å². The molecular formula is C44H36O4S4. The zero-order valence-corrected chi connectivity index (χ0v) is 31.6. The van der Waals surface area contributed by atoms with Gasteiger partial charge in [-0.2, -0.15) is 0 Å². The number of fused-ring (bicyclic) bond motifs is 4. The molecule has 0 fully saturated rings. The van der Waals surface area contributed by atoms with Gasteiger partial charge in [0.15, 0.2) is 0 Å². The maximum Gasteiger partial charge on any atom is 0.123 e. The van der Waals surface area contributed by atoms with E-state index in [1.54, 1.807) is 0 Å². The van der Waals surface area contributed by atoms with Crippen LogP contribution in [0.15, 0.2) is 153 Å². The van der Waals surface area contributed by atoms with Crippen LogP contribution in [-0.4, -0.2) is 26.4 Å². The third-order valence-corrected chi connectivity index (χ3v) is 15.2. The van der Waals surface area contributed by atoms with Crippen LogP contribution < -0.4 is 18.9 Å². The minimum Gasteiger partial charge on any atom is -0.490 e. The van der Waals surface area contributed by atoms with Gasteiger partial charge in [0.25, 0.3) is 0 Å². The van der Waals surface area contributed by atoms with Crippen LogP contribution in [0, 0.1) is 0 Å². The van der Waals surface area contributed by atoms with Gasteiger partial charge >= 0.3 is 0 Å². The molecule has 1 aliphatic carbocycles. The van der Waals surface area contributed by atoms with E-state index in [2.05, 4.69) is 133 Å². The maximum absolute atomic E-state index is 6.33. The Balaban J connectivity index is 0.758. The summed E-state index contributed by atoms with van der Waals surface area (Å²) in [6, 6.07) is 46.9. The standard InChI is InChI=1S/C44H36O4S4/c1-2-12-40-39(11-1)49-43(50-40)29-15-19-33(20-16-29)45-23-25-47-37-9-5-7-31-27-32-8-6-10-38(36(32)28-35(31)37)48-26-24-46-34-21-17-30(18-22-34)44-51-41-13-3-4-14-42(41)52-44/h1-22,43-44H,23-28H2. The number of hydrogen-bond donors (Lipinski definition) is 0. The molecule has 0 spiro atoms. The minimum atomic E-state index is 0.381. The first-order valence-corrected chi connectivity index (χ1v) is 21.0. The number of rotatable bonds is 12. The first-order valence-electron chi connectivity index (χ1n) is 17.5. The minimum absolute atomic E-state index is 0.381. The highest BCUT2D eigenvalue weighted by molar-refractivity contribution is 8.19. The van der Waals surface area contributed by atoms with Gasteiger partial charge in [-0.25, -0.2) is 0 Å². The first kappa shape index (κ1) is 33.7. The van der Waals surface area contributed by atoms with E-state index < -0.39 is 0 Å². The molecule has 2 aliphatic heterocycles. The van der Waals surface area contributed by atoms with Gasteiger partial charge in [-0.05, 0) is 89.3 Å². The lowest BCUT2D eigenvalue weighted by atomic mass is 9.85. The van der Waals surface area contributed by atoms with E-state index in [1.807, 2.05) is 47.0 Å². The second kappa shape index (κ2) is 15.5. The summed E-state index contributed by atoms with van der Waals surface area (Å²) in [6.07, 6.45) is 1.62. The smallest absolute Gasteiger partial charge is 0.123 e. The molecule has 260 valence electrons. The monoisotopic (exact) mass is 756 g/mol. The summed E-state index contributed by atoms with van der Waals surface area (Å²) in [5, 5.41) is 0. The zero-order valence-electron chi connectivity index (χ0n) is 28.4. The molecule has 0 radical (unpaired) electrons. The van der Waals surface area contributed by atoms with Crippen LogP contribution in [0.2, 0.25) is 0 Å². The first-order chi connectivity index (χ1) is 25.7. The molecule has 3 aliphatic rings. The summed E-state index contributed by atoms with van der Waals surface area (Å²) in [6.45, 7) is 1.89. The predicted octanol–water partition coefficient (Wildman–Crippen LogP) is 11.9. The van der Waals surface area contributed by atoms with Crippen LogP contribution in [-0.2, 0) is 12.8 Å². The molecule has 8 heteroatoms. The van der Waals surface area contributed by atoms with Crippen molar-refractivity contribution in [3.8, 4) is 23.0 Å². The molecule has 0 saturated heterocycles. The van der Waals surface area contributed by atoms with Crippen molar-refractivity contribution in [1.29, 1.82) is 0 Å². The van der Waals surface area contributed by atoms with E-state index in [0.717, 1.165) is 35.8 Å². The van der Waals surface area contributed by atoms with Crippen molar-refractivity contribution in [2.24, 2.45) is 0 Å². The number of ether oxygens (including phenoxy) is 4. The van der Waals surface area contributed by atoms with E-state index >= 15 is 0 Å². The Morgan fingerprint density at radius 1 is 0.385 bits per heavy atom. The van der Waals surface area contributed by atoms with Crippen molar-refractivity contribution >= 4 is 47.0 Å². The molecular weight excluding hydrogens is 721 g/mol. The highest BCUT2D eigenvalue weighted by Gasteiger charge is 2.26. The van der Waals surface area contributed by atoms with Crippen molar-refractivity contribution in [2.45, 2.75) is 41.6 Å². The molecule has 0 saturated carbocycles. The molecule has 0 aromatic heterocycles. The Morgan fingerprint density at radius 2 is 0.769 bits per heavy atom. The van der Waals surface area contributed by atoms with Gasteiger partial charge in [-0.15, -0.1) is 47.0 Å². The zero-order chi connectivity index (χ0) is 34.7. The van der Waals surface area contributed by atoms with Gasteiger partial charge in [-0.3, -0.25) is 0 Å². The lowest BCUT2D eigenvalue weighted by Crippen LogP contribution is -2.15. The fourth-order valence-corrected chi connectivity index (χ4v) is 12.4. The van der Waals surface area contributed by atoms with Gasteiger partial charge < -0.3 is 18.9 Å². The molecule has 0 N–H and O–H groups in total. The molecule has 9 rings (SSSR count). The van der Waals surface area contributed by atoms with Crippen LogP contribution >= 0.6 is 47.0 Å². The second-order valence-corrected chi connectivity index (χ2v) is 17.9. The van der Waals surface area contributed by atoms with Crippen molar-refractivity contribution < 1.29 is 18.9 Å². The molecule has 0 bridgehead atoms. The summed E-state index contributed by atoms with van der Waals surface area (Å²) < 4.78 is 25.6. The molecule has 0 amide bonds. The van der Waals surface area contributed by atoms with Gasteiger partial charge in [0, 0.05) is 37.1 Å². The molecule has 0 unspecified atom stereocenters. The van der Waals surface area contributed by atoms with Crippen molar-refractivity contribution in [1.82, 2.24) is 0 Å². The van der Waals surface area contributed by atoms with Gasteiger partial charge in [-0.1, -0.05) is 72.8 Å². The summed E-state index contributed by atoms with van der Waals surface area (Å²) in [7, 11) is 0. The molecule has 6 aromatic rings. The lowest BCUT2D eigenvalue weighted by molar-refractivity contribution is 0.214. The third-order valence-electron chi connectivity index (χ3n) is 9.35. The fraction of sp³-hybridized carbons (Fsp3) is 0.182. The van der Waals surface area contributed by atoms with Crippen molar-refractivity contribution in [3.05, 3.63) is 167 Å². The Kier molecular flexibility index (Phi) is 10.0. The normalized spacial score (nSPS) is 14.6. The van der Waals surface area contributed by atoms with Crippen LogP contribution in [0.3, 0.4) is 0 Å². The number of benzene rings is 6. The third kappa shape index (κ3) is 7.40. The Labute approximate surface area is 322 Å². The summed E-state index contributed by atoms with van der Waals surface area (Å²) in [5.41, 5.74) is 7.65. The summed E-state index contributed by atoms with van der Waals surface area (Å²) >= 11 is 7.66. The maximum atomic E-state index is 6.33. The SMILES string of the molecule is c1cc2c(c(OCCOc3ccc(C4Sc5ccccc5S4)cc3)c1)Cc1c(cccc1OCCOc1ccc(C3Sc4ccccc4S3)cc1)C2. The molecule has 4 nitrogen and oxygen atoms in total. The highest BCUT2D eigenvalue weighted by atomic mass is 32.2. The Bertz CT molecular complexity index is 1980. The molecule has 52 heavy (non-hydrogen) atoms. The Morgan fingerprint density at radius 3 is 1.17 bits per heavy atom. The molecule has 6 aromatic carbocycles.